The van der Waals surface area contributed by atoms with Crippen molar-refractivity contribution in [3.63, 3.8) is 0 Å². The third kappa shape index (κ3) is 26.3. The number of phosphoric ester groups is 1. The quantitative estimate of drug-likeness (QED) is 0.0969. The van der Waals surface area contributed by atoms with E-state index in [1.165, 1.54) is 116 Å². The van der Waals surface area contributed by atoms with Crippen molar-refractivity contribution in [2.45, 2.75) is 142 Å². The minimum atomic E-state index is -4.32. The molecule has 0 aromatic carbocycles. The molecule has 0 atom stereocenters. The normalized spacial score (nSPS) is 12.2. The molecule has 194 valence electrons. The van der Waals surface area contributed by atoms with Crippen LogP contribution in [0.15, 0.2) is 0 Å². The highest BCUT2D eigenvalue weighted by Crippen LogP contribution is 2.35. The minimum absolute atomic E-state index is 0.147. The molecule has 0 radical (unpaired) electrons. The summed E-state index contributed by atoms with van der Waals surface area (Å²) in [5.74, 6) is 0. The fourth-order valence-electron chi connectivity index (χ4n) is 4.25. The highest BCUT2D eigenvalue weighted by atomic mass is 31.2. The maximum atomic E-state index is 10.8. The third-order valence-electron chi connectivity index (χ3n) is 6.28. The van der Waals surface area contributed by atoms with Crippen LogP contribution in [-0.4, -0.2) is 40.9 Å². The summed E-state index contributed by atoms with van der Waals surface area (Å²) in [5, 5.41) is 0. The first-order valence-corrected chi connectivity index (χ1v) is 15.4. The third-order valence-corrected chi connectivity index (χ3v) is 6.80. The van der Waals surface area contributed by atoms with Crippen molar-refractivity contribution in [1.82, 2.24) is 4.90 Å². The molecule has 0 aliphatic carbocycles. The van der Waals surface area contributed by atoms with Crippen molar-refractivity contribution < 1.29 is 18.9 Å². The number of hydrogen-bond donors (Lipinski definition) is 2. The molecular weight excluding hydrogens is 421 g/mol. The highest BCUT2D eigenvalue weighted by Gasteiger charge is 2.13. The fraction of sp³-hybridized carbons (Fsp3) is 1.00. The van der Waals surface area contributed by atoms with Gasteiger partial charge >= 0.3 is 7.82 Å². The molecule has 32 heavy (non-hydrogen) atoms. The molecule has 0 heterocycles. The van der Waals surface area contributed by atoms with E-state index >= 15 is 0 Å². The Hall–Kier alpha value is 0.0700. The highest BCUT2D eigenvalue weighted by molar-refractivity contribution is 7.46. The van der Waals surface area contributed by atoms with Crippen LogP contribution in [0.3, 0.4) is 0 Å². The van der Waals surface area contributed by atoms with Crippen LogP contribution in [0.4, 0.5) is 0 Å². The van der Waals surface area contributed by atoms with Crippen LogP contribution >= 0.6 is 7.82 Å². The largest absolute Gasteiger partial charge is 0.469 e. The Labute approximate surface area is 200 Å². The summed E-state index contributed by atoms with van der Waals surface area (Å²) in [6, 6.07) is 0. The summed E-state index contributed by atoms with van der Waals surface area (Å²) in [6.45, 7) is 8.02. The monoisotopic (exact) mass is 477 g/mol. The van der Waals surface area contributed by atoms with Crippen molar-refractivity contribution in [3.05, 3.63) is 0 Å². The number of nitrogens with zero attached hydrogens (tertiary/aromatic N) is 1. The zero-order chi connectivity index (χ0) is 23.8. The molecular formula is C26H56NO4P. The topological polar surface area (TPSA) is 70.0 Å². The maximum absolute atomic E-state index is 10.8. The first-order chi connectivity index (χ1) is 15.5. The van der Waals surface area contributed by atoms with Gasteiger partial charge in [-0.1, -0.05) is 117 Å². The van der Waals surface area contributed by atoms with Crippen LogP contribution in [0.1, 0.15) is 142 Å². The summed E-state index contributed by atoms with van der Waals surface area (Å²) >= 11 is 0. The number of hydrogen-bond acceptors (Lipinski definition) is 3. The standard InChI is InChI=1S/C26H56NO4P/c1-3-5-7-9-11-13-15-17-19-23-27(25-21-22-26-31-32(28,29)30)24-20-18-16-14-12-10-8-6-4-2/h3-26H2,1-2H3,(H2,28,29,30). The van der Waals surface area contributed by atoms with E-state index in [2.05, 4.69) is 23.3 Å². The van der Waals surface area contributed by atoms with Gasteiger partial charge < -0.3 is 14.7 Å². The van der Waals surface area contributed by atoms with Gasteiger partial charge in [-0.05, 0) is 45.3 Å². The van der Waals surface area contributed by atoms with E-state index in [1.54, 1.807) is 0 Å². The molecule has 0 aromatic rings. The van der Waals surface area contributed by atoms with Gasteiger partial charge in [0.25, 0.3) is 0 Å². The van der Waals surface area contributed by atoms with Crippen LogP contribution in [0.2, 0.25) is 0 Å². The average Bonchev–Trinajstić information content (AvgIpc) is 2.75. The second-order valence-corrected chi connectivity index (χ2v) is 10.8. The molecule has 0 aliphatic heterocycles. The van der Waals surface area contributed by atoms with E-state index in [0.29, 0.717) is 6.42 Å². The lowest BCUT2D eigenvalue weighted by atomic mass is 10.1. The molecule has 0 aliphatic rings. The molecule has 0 unspecified atom stereocenters. The van der Waals surface area contributed by atoms with Gasteiger partial charge in [0.05, 0.1) is 6.61 Å². The Morgan fingerprint density at radius 2 is 0.844 bits per heavy atom. The molecule has 2 N–H and O–H groups in total. The Morgan fingerprint density at radius 3 is 1.19 bits per heavy atom. The average molecular weight is 478 g/mol. The van der Waals surface area contributed by atoms with E-state index in [-0.39, 0.29) is 6.61 Å². The lowest BCUT2D eigenvalue weighted by Crippen LogP contribution is -2.27. The van der Waals surface area contributed by atoms with Crippen molar-refractivity contribution in [3.8, 4) is 0 Å². The molecule has 0 rings (SSSR count). The fourth-order valence-corrected chi connectivity index (χ4v) is 4.62. The van der Waals surface area contributed by atoms with Crippen LogP contribution in [0, 0.1) is 0 Å². The van der Waals surface area contributed by atoms with E-state index in [1.807, 2.05) is 0 Å². The van der Waals surface area contributed by atoms with Gasteiger partial charge in [0.15, 0.2) is 0 Å². The summed E-state index contributed by atoms with van der Waals surface area (Å²) < 4.78 is 15.4. The van der Waals surface area contributed by atoms with Gasteiger partial charge in [0, 0.05) is 0 Å². The molecule has 0 saturated heterocycles. The lowest BCUT2D eigenvalue weighted by molar-refractivity contribution is 0.187. The summed E-state index contributed by atoms with van der Waals surface area (Å²) in [6.07, 6.45) is 26.1. The Bertz CT molecular complexity index is 395. The van der Waals surface area contributed by atoms with Crippen LogP contribution in [0.5, 0.6) is 0 Å². The first kappa shape index (κ1) is 32.1. The van der Waals surface area contributed by atoms with Crippen molar-refractivity contribution in [2.24, 2.45) is 0 Å². The van der Waals surface area contributed by atoms with Crippen molar-refractivity contribution >= 4 is 7.82 Å². The number of phosphoric acid groups is 1. The Morgan fingerprint density at radius 1 is 0.531 bits per heavy atom. The summed E-state index contributed by atoms with van der Waals surface area (Å²) in [7, 11) is -4.32. The predicted molar refractivity (Wildman–Crippen MR) is 138 cm³/mol. The molecule has 0 fully saturated rings. The van der Waals surface area contributed by atoms with Gasteiger partial charge in [-0.25, -0.2) is 4.57 Å². The lowest BCUT2D eigenvalue weighted by Gasteiger charge is -2.22. The van der Waals surface area contributed by atoms with Gasteiger partial charge in [-0.2, -0.15) is 0 Å². The molecule has 0 spiro atoms. The van der Waals surface area contributed by atoms with Crippen molar-refractivity contribution in [1.29, 1.82) is 0 Å². The molecule has 6 heteroatoms. The predicted octanol–water partition coefficient (Wildman–Crippen LogP) is 8.24. The van der Waals surface area contributed by atoms with E-state index in [4.69, 9.17) is 9.79 Å². The van der Waals surface area contributed by atoms with Gasteiger partial charge in [-0.3, -0.25) is 4.52 Å². The second-order valence-electron chi connectivity index (χ2n) is 9.53. The second kappa shape index (κ2) is 24.2. The van der Waals surface area contributed by atoms with Crippen LogP contribution < -0.4 is 0 Å². The van der Waals surface area contributed by atoms with Crippen LogP contribution in [0.25, 0.3) is 0 Å². The minimum Gasteiger partial charge on any atom is -0.303 e. The SMILES string of the molecule is CCCCCCCCCCCN(CCCCCCCCCCC)CCCCOP(=O)(O)O. The van der Waals surface area contributed by atoms with Gasteiger partial charge in [0.2, 0.25) is 0 Å². The zero-order valence-electron chi connectivity index (χ0n) is 21.6. The van der Waals surface area contributed by atoms with E-state index in [0.717, 1.165) is 26.1 Å². The zero-order valence-corrected chi connectivity index (χ0v) is 22.5. The molecule has 0 aromatic heterocycles. The number of unbranched alkanes of at least 4 members (excludes halogenated alkanes) is 17. The molecule has 5 nitrogen and oxygen atoms in total. The molecule has 0 amide bonds. The summed E-state index contributed by atoms with van der Waals surface area (Å²) in [4.78, 5) is 20.2. The van der Waals surface area contributed by atoms with Crippen molar-refractivity contribution in [2.75, 3.05) is 26.2 Å². The smallest absolute Gasteiger partial charge is 0.303 e. The Kier molecular flexibility index (Phi) is 24.3. The van der Waals surface area contributed by atoms with E-state index < -0.39 is 7.82 Å². The maximum Gasteiger partial charge on any atom is 0.469 e. The summed E-state index contributed by atoms with van der Waals surface area (Å²) in [5.41, 5.74) is 0. The number of rotatable bonds is 26. The molecule has 0 bridgehead atoms. The van der Waals surface area contributed by atoms with Gasteiger partial charge in [0.1, 0.15) is 0 Å². The Balaban J connectivity index is 3.90. The molecule has 0 saturated carbocycles. The first-order valence-electron chi connectivity index (χ1n) is 13.9. The van der Waals surface area contributed by atoms with Gasteiger partial charge in [-0.15, -0.1) is 0 Å². The van der Waals surface area contributed by atoms with Crippen LogP contribution in [-0.2, 0) is 9.09 Å². The van der Waals surface area contributed by atoms with E-state index in [9.17, 15) is 4.57 Å².